The van der Waals surface area contributed by atoms with Crippen LogP contribution in [0.2, 0.25) is 0 Å². The zero-order valence-electron chi connectivity index (χ0n) is 19.3. The van der Waals surface area contributed by atoms with Crippen LogP contribution in [0.5, 0.6) is 11.5 Å². The molecule has 36 heavy (non-hydrogen) atoms. The summed E-state index contributed by atoms with van der Waals surface area (Å²) in [6.07, 6.45) is 0. The lowest BCUT2D eigenvalue weighted by atomic mass is 10.2. The number of ether oxygens (including phenoxy) is 1. The topological polar surface area (TPSA) is 46.5 Å². The molecule has 0 aliphatic carbocycles. The van der Waals surface area contributed by atoms with Crippen LogP contribution in [0.4, 0.5) is 0 Å². The van der Waals surface area contributed by atoms with E-state index >= 15 is 0 Å². The summed E-state index contributed by atoms with van der Waals surface area (Å²) in [4.78, 5) is 14.7. The predicted octanol–water partition coefficient (Wildman–Crippen LogP) is 8.56. The van der Waals surface area contributed by atoms with Gasteiger partial charge in [-0.2, -0.15) is 0 Å². The summed E-state index contributed by atoms with van der Waals surface area (Å²) in [5.41, 5.74) is 0.250. The number of hydrogen-bond acceptors (Lipinski definition) is 2. The minimum atomic E-state index is -0.939. The van der Waals surface area contributed by atoms with E-state index in [-0.39, 0.29) is 16.5 Å². The van der Waals surface area contributed by atoms with Crippen molar-refractivity contribution >= 4 is 39.5 Å². The molecule has 0 aromatic heterocycles. The number of aromatic carboxylic acids is 1. The number of benzene rings is 5. The zero-order chi connectivity index (χ0) is 25.2. The molecule has 5 aromatic carbocycles. The Bertz CT molecular complexity index is 1270. The molecule has 0 heterocycles. The third-order valence-corrected chi connectivity index (χ3v) is 8.04. The maximum Gasteiger partial charge on any atom is 0.335 e. The van der Waals surface area contributed by atoms with Crippen molar-refractivity contribution in [2.75, 3.05) is 0 Å². The molecular weight excluding hydrogens is 579 g/mol. The molecule has 0 fully saturated rings. The van der Waals surface area contributed by atoms with E-state index in [0.29, 0.717) is 5.75 Å². The van der Waals surface area contributed by atoms with Crippen LogP contribution in [0.1, 0.15) is 10.4 Å². The van der Waals surface area contributed by atoms with Gasteiger partial charge >= 0.3 is 5.97 Å². The van der Waals surface area contributed by atoms with Gasteiger partial charge in [0.15, 0.2) is 14.7 Å². The second-order valence-electron chi connectivity index (χ2n) is 7.63. The van der Waals surface area contributed by atoms with E-state index in [0.717, 1.165) is 9.32 Å². The molecule has 1 N–H and O–H groups in total. The molecule has 5 aromatic rings. The summed E-state index contributed by atoms with van der Waals surface area (Å²) in [7, 11) is -0.0146. The van der Waals surface area contributed by atoms with Crippen LogP contribution in [0.15, 0.2) is 154 Å². The molecule has 0 saturated heterocycles. The molecule has 0 amide bonds. The van der Waals surface area contributed by atoms with Crippen molar-refractivity contribution < 1.29 is 14.6 Å². The van der Waals surface area contributed by atoms with E-state index in [1.54, 1.807) is 12.1 Å². The molecule has 0 aliphatic heterocycles. The van der Waals surface area contributed by atoms with Crippen LogP contribution in [-0.2, 0) is 10.9 Å². The van der Waals surface area contributed by atoms with Gasteiger partial charge in [0.2, 0.25) is 0 Å². The Morgan fingerprint density at radius 2 is 0.917 bits per heavy atom. The first-order valence-corrected chi connectivity index (χ1v) is 13.6. The highest BCUT2D eigenvalue weighted by Crippen LogP contribution is 2.30. The van der Waals surface area contributed by atoms with Gasteiger partial charge in [0.1, 0.15) is 11.5 Å². The Morgan fingerprint density at radius 3 is 1.28 bits per heavy atom. The summed E-state index contributed by atoms with van der Waals surface area (Å²) in [6.45, 7) is 0. The quantitative estimate of drug-likeness (QED) is 0.156. The summed E-state index contributed by atoms with van der Waals surface area (Å²) < 4.78 is 6.71. The number of rotatable bonds is 6. The van der Waals surface area contributed by atoms with Gasteiger partial charge in [-0.1, -0.05) is 54.6 Å². The molecule has 0 spiro atoms. The smallest absolute Gasteiger partial charge is 0.335 e. The van der Waals surface area contributed by atoms with Crippen LogP contribution in [0.25, 0.3) is 0 Å². The number of carbonyl (C=O) groups is 1. The molecular formula is C31H24IO3S+. The fourth-order valence-electron chi connectivity index (χ4n) is 3.38. The average Bonchev–Trinajstić information content (AvgIpc) is 2.93. The first kappa shape index (κ1) is 25.5. The van der Waals surface area contributed by atoms with Crippen LogP contribution in [0.3, 0.4) is 0 Å². The molecule has 0 radical (unpaired) electrons. The fraction of sp³-hybridized carbons (Fsp3) is 0. The van der Waals surface area contributed by atoms with E-state index < -0.39 is 5.97 Å². The summed E-state index contributed by atoms with van der Waals surface area (Å²) >= 11 is 2.22. The lowest BCUT2D eigenvalue weighted by molar-refractivity contribution is 0.0697. The van der Waals surface area contributed by atoms with E-state index in [4.69, 9.17) is 9.84 Å². The van der Waals surface area contributed by atoms with E-state index in [1.807, 2.05) is 24.3 Å². The Morgan fingerprint density at radius 1 is 0.556 bits per heavy atom. The monoisotopic (exact) mass is 603 g/mol. The van der Waals surface area contributed by atoms with Gasteiger partial charge in [-0.3, -0.25) is 0 Å². The first-order valence-electron chi connectivity index (χ1n) is 11.3. The third-order valence-electron chi connectivity index (χ3n) is 5.09. The highest BCUT2D eigenvalue weighted by molar-refractivity contribution is 14.1. The summed E-state index contributed by atoms with van der Waals surface area (Å²) in [5.74, 6) is 0.413. The highest BCUT2D eigenvalue weighted by Gasteiger charge is 2.27. The predicted molar refractivity (Wildman–Crippen MR) is 154 cm³/mol. The van der Waals surface area contributed by atoms with Gasteiger partial charge in [0.25, 0.3) is 0 Å². The van der Waals surface area contributed by atoms with Crippen molar-refractivity contribution in [2.45, 2.75) is 14.7 Å². The van der Waals surface area contributed by atoms with E-state index in [9.17, 15) is 4.79 Å². The third kappa shape index (κ3) is 7.23. The van der Waals surface area contributed by atoms with Crippen molar-refractivity contribution in [1.29, 1.82) is 0 Å². The van der Waals surface area contributed by atoms with Gasteiger partial charge in [-0.15, -0.1) is 0 Å². The van der Waals surface area contributed by atoms with Crippen LogP contribution >= 0.6 is 22.6 Å². The normalized spacial score (nSPS) is 10.3. The number of carboxylic acid groups (broad SMARTS) is 1. The minimum Gasteiger partial charge on any atom is -0.478 e. The number of halogens is 1. The van der Waals surface area contributed by atoms with Crippen molar-refractivity contribution in [2.24, 2.45) is 0 Å². The first-order chi connectivity index (χ1) is 17.6. The second kappa shape index (κ2) is 13.0. The maximum atomic E-state index is 10.7. The summed E-state index contributed by atoms with van der Waals surface area (Å²) in [5, 5.41) is 8.75. The van der Waals surface area contributed by atoms with Gasteiger partial charge in [-0.25, -0.2) is 4.79 Å². The molecule has 5 heteroatoms. The molecule has 0 bridgehead atoms. The lowest BCUT2D eigenvalue weighted by Crippen LogP contribution is -2.04. The van der Waals surface area contributed by atoms with E-state index in [2.05, 4.69) is 114 Å². The lowest BCUT2D eigenvalue weighted by Gasteiger charge is -2.07. The Balaban J connectivity index is 0.000000170. The zero-order valence-corrected chi connectivity index (χ0v) is 22.3. The Labute approximate surface area is 227 Å². The van der Waals surface area contributed by atoms with Crippen LogP contribution in [0, 0.1) is 3.57 Å². The van der Waals surface area contributed by atoms with Crippen molar-refractivity contribution in [1.82, 2.24) is 0 Å². The minimum absolute atomic E-state index is 0.0146. The van der Waals surface area contributed by atoms with Crippen molar-refractivity contribution in [3.05, 3.63) is 149 Å². The van der Waals surface area contributed by atoms with E-state index in [1.165, 1.54) is 26.8 Å². The molecule has 0 unspecified atom stereocenters. The molecule has 5 rings (SSSR count). The molecule has 0 aliphatic rings. The molecule has 0 saturated carbocycles. The SMILES string of the molecule is O=C(O)c1ccc(Oc2ccc(I)cc2)cc1.c1ccc([S+](c2ccccc2)c2ccccc2)cc1. The molecule has 178 valence electrons. The fourth-order valence-corrected chi connectivity index (χ4v) is 5.85. The van der Waals surface area contributed by atoms with Crippen LogP contribution < -0.4 is 4.74 Å². The Hall–Kier alpha value is -3.55. The average molecular weight is 604 g/mol. The van der Waals surface area contributed by atoms with Gasteiger partial charge in [-0.05, 0) is 108 Å². The molecule has 3 nitrogen and oxygen atoms in total. The standard InChI is InChI=1S/C18H15S.C13H9IO3/c1-4-10-16(11-5-1)19(17-12-6-2-7-13-17)18-14-8-3-9-15-18;14-10-3-7-12(8-4-10)17-11-5-1-9(2-6-11)13(15)16/h1-15H;1-8H,(H,15,16)/q+1;. The Kier molecular flexibility index (Phi) is 9.19. The van der Waals surface area contributed by atoms with Gasteiger partial charge in [0.05, 0.1) is 16.5 Å². The van der Waals surface area contributed by atoms with Crippen LogP contribution in [-0.4, -0.2) is 11.1 Å². The van der Waals surface area contributed by atoms with Crippen molar-refractivity contribution in [3.8, 4) is 11.5 Å². The second-order valence-corrected chi connectivity index (χ2v) is 10.9. The number of carboxylic acids is 1. The van der Waals surface area contributed by atoms with Crippen molar-refractivity contribution in [3.63, 3.8) is 0 Å². The maximum absolute atomic E-state index is 10.7. The number of hydrogen-bond donors (Lipinski definition) is 1. The largest absolute Gasteiger partial charge is 0.478 e. The van der Waals surface area contributed by atoms with Gasteiger partial charge < -0.3 is 9.84 Å². The van der Waals surface area contributed by atoms with Gasteiger partial charge in [0, 0.05) is 3.57 Å². The molecule has 0 atom stereocenters. The highest BCUT2D eigenvalue weighted by atomic mass is 127. The summed E-state index contributed by atoms with van der Waals surface area (Å²) in [6, 6.07) is 46.1.